The first-order valence-electron chi connectivity index (χ1n) is 5.30. The number of halogens is 1. The molecule has 2 aromatic rings. The molecule has 0 saturated carbocycles. The van der Waals surface area contributed by atoms with Gasteiger partial charge in [0.1, 0.15) is 10.7 Å². The minimum atomic E-state index is -3.90. The molecule has 0 aliphatic heterocycles. The Hall–Kier alpha value is -2.22. The number of nitrogens with zero attached hydrogens (tertiary/aromatic N) is 2. The molecule has 0 bridgehead atoms. The van der Waals surface area contributed by atoms with Crippen LogP contribution in [0.25, 0.3) is 0 Å². The maximum absolute atomic E-state index is 13.4. The Morgan fingerprint density at radius 1 is 1.16 bits per heavy atom. The van der Waals surface area contributed by atoms with E-state index >= 15 is 0 Å². The number of rotatable bonds is 4. The van der Waals surface area contributed by atoms with Crippen LogP contribution in [0, 0.1) is 5.82 Å². The third kappa shape index (κ3) is 2.97. The minimum absolute atomic E-state index is 0.125. The second-order valence-electron chi connectivity index (χ2n) is 3.58. The number of hydrogen-bond acceptors (Lipinski definition) is 5. The summed E-state index contributed by atoms with van der Waals surface area (Å²) in [6.45, 7) is 0. The monoisotopic (exact) mass is 282 g/mol. The summed E-state index contributed by atoms with van der Waals surface area (Å²) < 4.78 is 39.5. The second kappa shape index (κ2) is 5.19. The van der Waals surface area contributed by atoms with Crippen molar-refractivity contribution in [3.63, 3.8) is 0 Å². The van der Waals surface area contributed by atoms with E-state index in [1.54, 1.807) is 7.05 Å². The zero-order valence-electron chi connectivity index (χ0n) is 9.96. The Labute approximate surface area is 109 Å². The highest BCUT2D eigenvalue weighted by molar-refractivity contribution is 7.92. The van der Waals surface area contributed by atoms with Gasteiger partial charge >= 0.3 is 0 Å². The third-order valence-electron chi connectivity index (χ3n) is 2.28. The zero-order valence-corrected chi connectivity index (χ0v) is 10.8. The van der Waals surface area contributed by atoms with Gasteiger partial charge in [0, 0.05) is 7.05 Å². The normalized spacial score (nSPS) is 11.1. The van der Waals surface area contributed by atoms with Gasteiger partial charge in [0.05, 0.1) is 18.1 Å². The van der Waals surface area contributed by atoms with E-state index in [2.05, 4.69) is 20.0 Å². The summed E-state index contributed by atoms with van der Waals surface area (Å²) >= 11 is 0. The number of nitrogens with one attached hydrogen (secondary N) is 2. The Bertz CT molecular complexity index is 673. The zero-order chi connectivity index (χ0) is 13.9. The average Bonchev–Trinajstić information content (AvgIpc) is 2.41. The van der Waals surface area contributed by atoms with Crippen molar-refractivity contribution < 1.29 is 12.8 Å². The van der Waals surface area contributed by atoms with Gasteiger partial charge in [-0.2, -0.15) is 0 Å². The van der Waals surface area contributed by atoms with Crippen molar-refractivity contribution in [2.24, 2.45) is 0 Å². The summed E-state index contributed by atoms with van der Waals surface area (Å²) in [6, 6.07) is 5.49. The summed E-state index contributed by atoms with van der Waals surface area (Å²) in [5, 5.41) is 2.67. The third-order valence-corrected chi connectivity index (χ3v) is 3.60. The number of hydrogen-bond donors (Lipinski definition) is 2. The van der Waals surface area contributed by atoms with Crippen molar-refractivity contribution in [2.75, 3.05) is 17.1 Å². The van der Waals surface area contributed by atoms with Crippen LogP contribution >= 0.6 is 0 Å². The Kier molecular flexibility index (Phi) is 3.61. The predicted octanol–water partition coefficient (Wildman–Crippen LogP) is 1.46. The van der Waals surface area contributed by atoms with Crippen molar-refractivity contribution in [1.82, 2.24) is 9.97 Å². The lowest BCUT2D eigenvalue weighted by Crippen LogP contribution is -2.14. The van der Waals surface area contributed by atoms with Gasteiger partial charge in [0.15, 0.2) is 0 Å². The first-order valence-corrected chi connectivity index (χ1v) is 6.78. The molecule has 2 rings (SSSR count). The molecule has 100 valence electrons. The summed E-state index contributed by atoms with van der Waals surface area (Å²) in [5.41, 5.74) is -0.125. The molecule has 1 aromatic heterocycles. The highest BCUT2D eigenvalue weighted by Gasteiger charge is 2.17. The standard InChI is InChI=1S/C11H11FN4O2S/c1-13-11-14-6-8(7-15-11)19(17,18)16-10-5-3-2-4-9(10)12/h2-7,16H,1H3,(H,13,14,15). The van der Waals surface area contributed by atoms with E-state index in [0.717, 1.165) is 12.4 Å². The van der Waals surface area contributed by atoms with E-state index in [9.17, 15) is 12.8 Å². The van der Waals surface area contributed by atoms with Gasteiger partial charge < -0.3 is 5.32 Å². The molecule has 6 nitrogen and oxygen atoms in total. The van der Waals surface area contributed by atoms with Crippen LogP contribution < -0.4 is 10.0 Å². The van der Waals surface area contributed by atoms with E-state index in [0.29, 0.717) is 5.95 Å². The summed E-state index contributed by atoms with van der Waals surface area (Å²) in [4.78, 5) is 7.44. The molecule has 0 aliphatic rings. The molecule has 0 saturated heterocycles. The molecule has 1 heterocycles. The van der Waals surface area contributed by atoms with Crippen molar-refractivity contribution in [1.29, 1.82) is 0 Å². The highest BCUT2D eigenvalue weighted by Crippen LogP contribution is 2.18. The average molecular weight is 282 g/mol. The second-order valence-corrected chi connectivity index (χ2v) is 5.26. The number of sulfonamides is 1. The van der Waals surface area contributed by atoms with Crippen LogP contribution in [0.4, 0.5) is 16.0 Å². The van der Waals surface area contributed by atoms with Gasteiger partial charge in [0.25, 0.3) is 10.0 Å². The quantitative estimate of drug-likeness (QED) is 0.887. The topological polar surface area (TPSA) is 84.0 Å². The summed E-state index contributed by atoms with van der Waals surface area (Å²) in [7, 11) is -2.29. The Morgan fingerprint density at radius 2 is 1.79 bits per heavy atom. The van der Waals surface area contributed by atoms with E-state index < -0.39 is 15.8 Å². The van der Waals surface area contributed by atoms with Crippen LogP contribution in [-0.4, -0.2) is 25.4 Å². The van der Waals surface area contributed by atoms with E-state index in [1.165, 1.54) is 24.3 Å². The Morgan fingerprint density at radius 3 is 2.37 bits per heavy atom. The lowest BCUT2D eigenvalue weighted by atomic mass is 10.3. The molecule has 0 amide bonds. The van der Waals surface area contributed by atoms with E-state index in [4.69, 9.17) is 0 Å². The van der Waals surface area contributed by atoms with Crippen LogP contribution in [0.2, 0.25) is 0 Å². The smallest absolute Gasteiger partial charge is 0.265 e. The van der Waals surface area contributed by atoms with Crippen molar-refractivity contribution in [3.05, 3.63) is 42.5 Å². The molecule has 0 fully saturated rings. The molecule has 0 aliphatic carbocycles. The fourth-order valence-electron chi connectivity index (χ4n) is 1.33. The van der Waals surface area contributed by atoms with Crippen LogP contribution in [0.15, 0.2) is 41.6 Å². The molecular formula is C11H11FN4O2S. The molecule has 2 N–H and O–H groups in total. The van der Waals surface area contributed by atoms with Gasteiger partial charge in [-0.05, 0) is 12.1 Å². The molecule has 0 radical (unpaired) electrons. The van der Waals surface area contributed by atoms with Gasteiger partial charge in [-0.3, -0.25) is 4.72 Å². The molecule has 0 spiro atoms. The molecule has 0 atom stereocenters. The molecule has 1 aromatic carbocycles. The minimum Gasteiger partial charge on any atom is -0.357 e. The maximum atomic E-state index is 13.4. The number of aromatic nitrogens is 2. The maximum Gasteiger partial charge on any atom is 0.265 e. The van der Waals surface area contributed by atoms with Crippen molar-refractivity contribution in [3.8, 4) is 0 Å². The molecule has 0 unspecified atom stereocenters. The molecular weight excluding hydrogens is 271 g/mol. The predicted molar refractivity (Wildman–Crippen MR) is 68.8 cm³/mol. The SMILES string of the molecule is CNc1ncc(S(=O)(=O)Nc2ccccc2F)cn1. The van der Waals surface area contributed by atoms with E-state index in [1.807, 2.05) is 0 Å². The lowest BCUT2D eigenvalue weighted by Gasteiger charge is -2.08. The van der Waals surface area contributed by atoms with Crippen LogP contribution in [0.3, 0.4) is 0 Å². The van der Waals surface area contributed by atoms with Crippen molar-refractivity contribution >= 4 is 21.7 Å². The van der Waals surface area contributed by atoms with Gasteiger partial charge in [-0.1, -0.05) is 12.1 Å². The van der Waals surface area contributed by atoms with Gasteiger partial charge in [-0.25, -0.2) is 22.8 Å². The first kappa shape index (κ1) is 13.2. The number of benzene rings is 1. The largest absolute Gasteiger partial charge is 0.357 e. The summed E-state index contributed by atoms with van der Waals surface area (Å²) in [5.74, 6) is -0.358. The first-order chi connectivity index (χ1) is 9.03. The fraction of sp³-hybridized carbons (Fsp3) is 0.0909. The Balaban J connectivity index is 2.30. The van der Waals surface area contributed by atoms with E-state index in [-0.39, 0.29) is 10.6 Å². The number of para-hydroxylation sites is 1. The van der Waals surface area contributed by atoms with Gasteiger partial charge in [-0.15, -0.1) is 0 Å². The molecule has 19 heavy (non-hydrogen) atoms. The number of anilines is 2. The van der Waals surface area contributed by atoms with Crippen LogP contribution in [-0.2, 0) is 10.0 Å². The highest BCUT2D eigenvalue weighted by atomic mass is 32.2. The van der Waals surface area contributed by atoms with Gasteiger partial charge in [0.2, 0.25) is 5.95 Å². The van der Waals surface area contributed by atoms with Crippen LogP contribution in [0.5, 0.6) is 0 Å². The van der Waals surface area contributed by atoms with Crippen LogP contribution in [0.1, 0.15) is 0 Å². The van der Waals surface area contributed by atoms with Crippen molar-refractivity contribution in [2.45, 2.75) is 4.90 Å². The molecule has 8 heteroatoms. The fourth-order valence-corrected chi connectivity index (χ4v) is 2.29. The summed E-state index contributed by atoms with van der Waals surface area (Å²) in [6.07, 6.45) is 2.28. The lowest BCUT2D eigenvalue weighted by molar-refractivity contribution is 0.597.